The van der Waals surface area contributed by atoms with Gasteiger partial charge < -0.3 is 4.74 Å². The van der Waals surface area contributed by atoms with Crippen LogP contribution >= 0.6 is 15.9 Å². The van der Waals surface area contributed by atoms with Gasteiger partial charge in [-0.05, 0) is 69.5 Å². The predicted molar refractivity (Wildman–Crippen MR) is 136 cm³/mol. The number of nitrogens with zero attached hydrogens (tertiary/aromatic N) is 2. The molecule has 2 atom stereocenters. The number of carbonyl (C=O) groups is 4. The summed E-state index contributed by atoms with van der Waals surface area (Å²) >= 11 is 3.37. The Morgan fingerprint density at radius 2 is 1.71 bits per heavy atom. The molecule has 0 aliphatic carbocycles. The quantitative estimate of drug-likeness (QED) is 0.479. The molecule has 0 bridgehead atoms. The minimum atomic E-state index is -1.39. The van der Waals surface area contributed by atoms with Crippen LogP contribution in [-0.4, -0.2) is 29.4 Å². The van der Waals surface area contributed by atoms with Crippen molar-refractivity contribution in [3.8, 4) is 0 Å². The maximum absolute atomic E-state index is 14.2. The lowest BCUT2D eigenvalue weighted by atomic mass is 9.63. The number of imide groups is 2. The highest BCUT2D eigenvalue weighted by Gasteiger charge is 2.64. The highest BCUT2D eigenvalue weighted by Crippen LogP contribution is 2.54. The molecule has 0 spiro atoms. The summed E-state index contributed by atoms with van der Waals surface area (Å²) in [5.74, 6) is -2.70. The van der Waals surface area contributed by atoms with Crippen LogP contribution in [0.25, 0.3) is 0 Å². The molecule has 2 aliphatic rings. The van der Waals surface area contributed by atoms with E-state index < -0.39 is 34.8 Å². The Morgan fingerprint density at radius 1 is 1.09 bits per heavy atom. The van der Waals surface area contributed by atoms with Crippen molar-refractivity contribution in [2.24, 2.45) is 11.8 Å². The lowest BCUT2D eigenvalue weighted by Gasteiger charge is -2.36. The van der Waals surface area contributed by atoms with Crippen LogP contribution in [0.3, 0.4) is 0 Å². The van der Waals surface area contributed by atoms with Gasteiger partial charge in [-0.25, -0.2) is 9.69 Å². The normalized spacial score (nSPS) is 22.3. The second kappa shape index (κ2) is 8.59. The second-order valence-electron chi connectivity index (χ2n) is 10.5. The van der Waals surface area contributed by atoms with Crippen LogP contribution in [0, 0.1) is 18.8 Å². The predicted octanol–water partition coefficient (Wildman–Crippen LogP) is 5.51. The Bertz CT molecular complexity index is 1230. The number of rotatable bonds is 3. The summed E-state index contributed by atoms with van der Waals surface area (Å²) in [6.07, 6.45) is -0.925. The number of hydrogen-bond acceptors (Lipinski definition) is 5. The molecule has 4 amide bonds. The Morgan fingerprint density at radius 3 is 2.29 bits per heavy atom. The lowest BCUT2D eigenvalue weighted by Crippen LogP contribution is -2.53. The van der Waals surface area contributed by atoms with E-state index in [0.29, 0.717) is 16.9 Å². The molecule has 2 aliphatic heterocycles. The first-order chi connectivity index (χ1) is 16.3. The molecule has 35 heavy (non-hydrogen) atoms. The fraction of sp³-hybridized carbons (Fsp3) is 0.407. The average Bonchev–Trinajstić information content (AvgIpc) is 3.17. The largest absolute Gasteiger partial charge is 0.443 e. The first-order valence-electron chi connectivity index (χ1n) is 11.6. The summed E-state index contributed by atoms with van der Waals surface area (Å²) in [7, 11) is 0. The first kappa shape index (κ1) is 25.1. The van der Waals surface area contributed by atoms with Crippen LogP contribution < -0.4 is 9.80 Å². The Hall–Kier alpha value is -3.00. The molecule has 8 heteroatoms. The number of halogens is 1. The van der Waals surface area contributed by atoms with E-state index in [9.17, 15) is 19.2 Å². The molecule has 1 unspecified atom stereocenters. The van der Waals surface area contributed by atoms with E-state index in [1.54, 1.807) is 51.1 Å². The summed E-state index contributed by atoms with van der Waals surface area (Å²) in [4.78, 5) is 56.7. The molecule has 2 aromatic carbocycles. The van der Waals surface area contributed by atoms with E-state index in [4.69, 9.17) is 4.74 Å². The molecule has 0 N–H and O–H groups in total. The van der Waals surface area contributed by atoms with E-state index >= 15 is 0 Å². The molecule has 7 nitrogen and oxygen atoms in total. The Kier molecular flexibility index (Phi) is 6.16. The fourth-order valence-corrected chi connectivity index (χ4v) is 5.49. The van der Waals surface area contributed by atoms with Gasteiger partial charge in [-0.3, -0.25) is 19.3 Å². The monoisotopic (exact) mass is 540 g/mol. The van der Waals surface area contributed by atoms with E-state index in [1.165, 1.54) is 0 Å². The van der Waals surface area contributed by atoms with Crippen molar-refractivity contribution in [1.82, 2.24) is 0 Å². The molecule has 0 saturated carbocycles. The van der Waals surface area contributed by atoms with Crippen molar-refractivity contribution in [1.29, 1.82) is 0 Å². The van der Waals surface area contributed by atoms with Crippen LogP contribution in [0.4, 0.5) is 16.2 Å². The number of carbonyl (C=O) groups excluding carboxylic acids is 4. The number of hydrogen-bond donors (Lipinski definition) is 0. The molecule has 1 saturated heterocycles. The van der Waals surface area contributed by atoms with Crippen molar-refractivity contribution in [3.05, 3.63) is 58.1 Å². The van der Waals surface area contributed by atoms with Gasteiger partial charge in [0.1, 0.15) is 5.60 Å². The van der Waals surface area contributed by atoms with Crippen molar-refractivity contribution >= 4 is 51.1 Å². The third-order valence-electron chi connectivity index (χ3n) is 6.66. The van der Waals surface area contributed by atoms with E-state index in [1.807, 2.05) is 32.9 Å². The van der Waals surface area contributed by atoms with Crippen LogP contribution in [0.2, 0.25) is 0 Å². The molecule has 0 radical (unpaired) electrons. The highest BCUT2D eigenvalue weighted by molar-refractivity contribution is 9.10. The molecule has 184 valence electrons. The number of fused-ring (bicyclic) bond motifs is 1. The molecular formula is C27H29BrN2O5. The van der Waals surface area contributed by atoms with Crippen LogP contribution in [0.1, 0.15) is 52.2 Å². The van der Waals surface area contributed by atoms with Gasteiger partial charge in [0, 0.05) is 10.9 Å². The zero-order chi connectivity index (χ0) is 25.9. The van der Waals surface area contributed by atoms with Crippen LogP contribution in [-0.2, 0) is 24.5 Å². The van der Waals surface area contributed by atoms with E-state index in [0.717, 1.165) is 19.8 Å². The summed E-state index contributed by atoms with van der Waals surface area (Å²) in [5.41, 5.74) is 0.0912. The van der Waals surface area contributed by atoms with E-state index in [-0.39, 0.29) is 18.2 Å². The summed E-state index contributed by atoms with van der Waals surface area (Å²) in [6, 6.07) is 12.3. The van der Waals surface area contributed by atoms with E-state index in [2.05, 4.69) is 15.9 Å². The molecule has 2 aromatic rings. The average molecular weight is 541 g/mol. The minimum Gasteiger partial charge on any atom is -0.443 e. The van der Waals surface area contributed by atoms with Crippen LogP contribution in [0.15, 0.2) is 46.9 Å². The molecular weight excluding hydrogens is 512 g/mol. The summed E-state index contributed by atoms with van der Waals surface area (Å²) in [5, 5.41) is 0. The standard InChI is InChI=1S/C27H29BrN2O5/c1-15(2)27(20-14-22(31)29(23(20)32)18-10-8-17(28)9-11-18)19-13-16(3)7-12-21(19)30(24(27)33)25(34)35-26(4,5)6/h7-13,15,20H,14H2,1-6H3/t20-,27?/m1/s1. The van der Waals surface area contributed by atoms with Gasteiger partial charge in [-0.1, -0.05) is 47.5 Å². The number of amides is 4. The maximum atomic E-state index is 14.2. The first-order valence-corrected chi connectivity index (χ1v) is 12.4. The Labute approximate surface area is 213 Å². The third kappa shape index (κ3) is 3.97. The van der Waals surface area contributed by atoms with Crippen molar-refractivity contribution in [3.63, 3.8) is 0 Å². The summed E-state index contributed by atoms with van der Waals surface area (Å²) < 4.78 is 6.38. The zero-order valence-corrected chi connectivity index (χ0v) is 22.3. The topological polar surface area (TPSA) is 84.0 Å². The van der Waals surface area contributed by atoms with Gasteiger partial charge in [-0.15, -0.1) is 0 Å². The van der Waals surface area contributed by atoms with Crippen molar-refractivity contribution in [2.75, 3.05) is 9.80 Å². The number of anilines is 2. The van der Waals surface area contributed by atoms with Gasteiger partial charge in [0.25, 0.3) is 0 Å². The third-order valence-corrected chi connectivity index (χ3v) is 7.19. The molecule has 1 fully saturated rings. The highest BCUT2D eigenvalue weighted by atomic mass is 79.9. The smallest absolute Gasteiger partial charge is 0.421 e. The molecule has 2 heterocycles. The van der Waals surface area contributed by atoms with Crippen molar-refractivity contribution < 1.29 is 23.9 Å². The molecule has 0 aromatic heterocycles. The summed E-state index contributed by atoms with van der Waals surface area (Å²) in [6.45, 7) is 10.8. The second-order valence-corrected chi connectivity index (χ2v) is 11.4. The number of benzene rings is 2. The van der Waals surface area contributed by atoms with Gasteiger partial charge in [0.2, 0.25) is 17.7 Å². The number of aryl methyl sites for hydroxylation is 1. The fourth-order valence-electron chi connectivity index (χ4n) is 5.22. The zero-order valence-electron chi connectivity index (χ0n) is 20.7. The Balaban J connectivity index is 1.87. The van der Waals surface area contributed by atoms with Gasteiger partial charge in [0.05, 0.1) is 22.7 Å². The van der Waals surface area contributed by atoms with Gasteiger partial charge in [0.15, 0.2) is 0 Å². The SMILES string of the molecule is Cc1ccc2c(c1)C(C(C)C)([C@@H]1CC(=O)N(c3ccc(Br)cc3)C1=O)C(=O)N2C(=O)OC(C)(C)C. The number of ether oxygens (including phenoxy) is 1. The van der Waals surface area contributed by atoms with Gasteiger partial charge >= 0.3 is 6.09 Å². The van der Waals surface area contributed by atoms with Crippen LogP contribution in [0.5, 0.6) is 0 Å². The molecule has 4 rings (SSSR count). The minimum absolute atomic E-state index is 0.131. The maximum Gasteiger partial charge on any atom is 0.421 e. The van der Waals surface area contributed by atoms with Gasteiger partial charge in [-0.2, -0.15) is 0 Å². The van der Waals surface area contributed by atoms with Crippen molar-refractivity contribution in [2.45, 2.75) is 59.0 Å². The lowest BCUT2D eigenvalue weighted by molar-refractivity contribution is -0.133.